The molecule has 2 aromatic heterocycles. The van der Waals surface area contributed by atoms with Gasteiger partial charge >= 0.3 is 0 Å². The number of nitrogens with zero attached hydrogens (tertiary/aromatic N) is 3. The molecular weight excluding hydrogens is 282 g/mol. The molecule has 2 rings (SSSR count). The minimum atomic E-state index is -3.41. The van der Waals surface area contributed by atoms with E-state index in [1.54, 1.807) is 13.3 Å². The second kappa shape index (κ2) is 5.97. The summed E-state index contributed by atoms with van der Waals surface area (Å²) in [4.78, 5) is 15.1. The Morgan fingerprint density at radius 3 is 3.00 bits per heavy atom. The predicted molar refractivity (Wildman–Crippen MR) is 74.7 cm³/mol. The topological polar surface area (TPSA) is 110 Å². The molecule has 0 spiro atoms. The van der Waals surface area contributed by atoms with Gasteiger partial charge in [0.05, 0.1) is 19.2 Å². The third-order valence-corrected chi connectivity index (χ3v) is 2.98. The fourth-order valence-electron chi connectivity index (χ4n) is 1.47. The maximum Gasteiger partial charge on any atom is 0.264 e. The second-order valence-electron chi connectivity index (χ2n) is 4.22. The van der Waals surface area contributed by atoms with Crippen molar-refractivity contribution in [1.29, 1.82) is 0 Å². The fourth-order valence-corrected chi connectivity index (χ4v) is 1.87. The Labute approximate surface area is 116 Å². The normalized spacial score (nSPS) is 12.8. The molecule has 0 aliphatic carbocycles. The number of imidazole rings is 1. The Balaban J connectivity index is 1.94. The molecular formula is C11H15N5O3S. The molecule has 0 bridgehead atoms. The number of hydrogen-bond donors (Lipinski definition) is 2. The van der Waals surface area contributed by atoms with Crippen molar-refractivity contribution in [3.05, 3.63) is 24.3 Å². The third kappa shape index (κ3) is 4.00. The maximum atomic E-state index is 10.9. The number of anilines is 1. The SMILES string of the molecule is C/C(=C\CNc1ncnc2[nH]cnc12)COS(C)(=O)=O. The fraction of sp³-hybridized carbons (Fsp3) is 0.364. The van der Waals surface area contributed by atoms with Crippen LogP contribution in [0.1, 0.15) is 6.92 Å². The number of nitrogens with one attached hydrogen (secondary N) is 2. The third-order valence-electron chi connectivity index (χ3n) is 2.44. The van der Waals surface area contributed by atoms with Crippen LogP contribution >= 0.6 is 0 Å². The van der Waals surface area contributed by atoms with E-state index in [1.165, 1.54) is 6.33 Å². The van der Waals surface area contributed by atoms with E-state index in [4.69, 9.17) is 0 Å². The molecule has 0 amide bonds. The number of fused-ring (bicyclic) bond motifs is 1. The summed E-state index contributed by atoms with van der Waals surface area (Å²) >= 11 is 0. The average molecular weight is 297 g/mol. The van der Waals surface area contributed by atoms with Crippen LogP contribution in [0, 0.1) is 0 Å². The Morgan fingerprint density at radius 2 is 2.25 bits per heavy atom. The van der Waals surface area contributed by atoms with Crippen LogP contribution in [-0.4, -0.2) is 47.8 Å². The van der Waals surface area contributed by atoms with E-state index in [0.717, 1.165) is 11.8 Å². The standard InChI is InChI=1S/C11H15N5O3S/c1-8(5-19-20(2,17)18)3-4-12-10-9-11(14-6-13-9)16-7-15-10/h3,6-7H,4-5H2,1-2H3,(H2,12,13,14,15,16)/b8-3+. The molecule has 0 radical (unpaired) electrons. The summed E-state index contributed by atoms with van der Waals surface area (Å²) in [6.07, 6.45) is 5.83. The number of H-pyrrole nitrogens is 1. The van der Waals surface area contributed by atoms with E-state index in [0.29, 0.717) is 23.5 Å². The highest BCUT2D eigenvalue weighted by molar-refractivity contribution is 7.85. The molecule has 2 heterocycles. The quantitative estimate of drug-likeness (QED) is 0.596. The monoisotopic (exact) mass is 297 g/mol. The van der Waals surface area contributed by atoms with Crippen molar-refractivity contribution in [1.82, 2.24) is 19.9 Å². The first kappa shape index (κ1) is 14.4. The molecule has 9 heteroatoms. The van der Waals surface area contributed by atoms with Crippen molar-refractivity contribution in [2.75, 3.05) is 24.7 Å². The molecule has 8 nitrogen and oxygen atoms in total. The van der Waals surface area contributed by atoms with Crippen molar-refractivity contribution >= 4 is 27.1 Å². The van der Waals surface area contributed by atoms with Gasteiger partial charge in [0, 0.05) is 6.54 Å². The summed E-state index contributed by atoms with van der Waals surface area (Å²) < 4.78 is 26.4. The van der Waals surface area contributed by atoms with Crippen LogP contribution in [0.2, 0.25) is 0 Å². The van der Waals surface area contributed by atoms with Crippen molar-refractivity contribution in [3.63, 3.8) is 0 Å². The number of aromatic nitrogens is 4. The first-order chi connectivity index (χ1) is 9.46. The smallest absolute Gasteiger partial charge is 0.264 e. The van der Waals surface area contributed by atoms with Crippen LogP contribution in [0.3, 0.4) is 0 Å². The number of hydrogen-bond acceptors (Lipinski definition) is 7. The van der Waals surface area contributed by atoms with Crippen LogP contribution in [0.15, 0.2) is 24.3 Å². The molecule has 108 valence electrons. The van der Waals surface area contributed by atoms with Gasteiger partial charge in [0.15, 0.2) is 11.5 Å². The van der Waals surface area contributed by atoms with Gasteiger partial charge in [-0.05, 0) is 12.5 Å². The first-order valence-corrected chi connectivity index (χ1v) is 7.65. The van der Waals surface area contributed by atoms with Crippen molar-refractivity contribution < 1.29 is 12.6 Å². The van der Waals surface area contributed by atoms with Crippen LogP contribution < -0.4 is 5.32 Å². The Morgan fingerprint density at radius 1 is 1.45 bits per heavy atom. The minimum Gasteiger partial charge on any atom is -0.365 e. The van der Waals surface area contributed by atoms with Gasteiger partial charge < -0.3 is 10.3 Å². The van der Waals surface area contributed by atoms with Gasteiger partial charge in [-0.25, -0.2) is 15.0 Å². The van der Waals surface area contributed by atoms with Gasteiger partial charge in [-0.15, -0.1) is 0 Å². The Bertz CT molecular complexity index is 722. The van der Waals surface area contributed by atoms with Crippen LogP contribution in [0.4, 0.5) is 5.82 Å². The lowest BCUT2D eigenvalue weighted by Gasteiger charge is -2.04. The minimum absolute atomic E-state index is 0.0438. The summed E-state index contributed by atoms with van der Waals surface area (Å²) in [5.41, 5.74) is 2.12. The van der Waals surface area contributed by atoms with E-state index < -0.39 is 10.1 Å². The van der Waals surface area contributed by atoms with Crippen molar-refractivity contribution in [2.24, 2.45) is 0 Å². The van der Waals surface area contributed by atoms with Gasteiger partial charge in [-0.2, -0.15) is 8.42 Å². The van der Waals surface area contributed by atoms with E-state index in [9.17, 15) is 8.42 Å². The molecule has 0 aliphatic rings. The second-order valence-corrected chi connectivity index (χ2v) is 5.86. The molecule has 0 aliphatic heterocycles. The zero-order valence-corrected chi connectivity index (χ0v) is 11.9. The molecule has 0 unspecified atom stereocenters. The van der Waals surface area contributed by atoms with Gasteiger partial charge in [0.2, 0.25) is 0 Å². The Kier molecular flexibility index (Phi) is 4.30. The highest BCUT2D eigenvalue weighted by atomic mass is 32.2. The van der Waals surface area contributed by atoms with Gasteiger partial charge in [0.1, 0.15) is 11.8 Å². The summed E-state index contributed by atoms with van der Waals surface area (Å²) in [6.45, 7) is 2.32. The summed E-state index contributed by atoms with van der Waals surface area (Å²) in [6, 6.07) is 0. The molecule has 2 N–H and O–H groups in total. The molecule has 0 saturated carbocycles. The molecule has 0 aromatic carbocycles. The van der Waals surface area contributed by atoms with Crippen LogP contribution in [0.25, 0.3) is 11.2 Å². The highest BCUT2D eigenvalue weighted by Gasteiger charge is 2.05. The zero-order valence-electron chi connectivity index (χ0n) is 11.1. The lowest BCUT2D eigenvalue weighted by Crippen LogP contribution is -2.07. The van der Waals surface area contributed by atoms with Crippen molar-refractivity contribution in [2.45, 2.75) is 6.92 Å². The molecule has 20 heavy (non-hydrogen) atoms. The van der Waals surface area contributed by atoms with E-state index in [2.05, 4.69) is 29.4 Å². The van der Waals surface area contributed by atoms with Crippen LogP contribution in [0.5, 0.6) is 0 Å². The maximum absolute atomic E-state index is 10.9. The number of aromatic amines is 1. The summed E-state index contributed by atoms with van der Waals surface area (Å²) in [5.74, 6) is 0.615. The molecule has 0 atom stereocenters. The molecule has 0 fully saturated rings. The zero-order chi connectivity index (χ0) is 14.6. The average Bonchev–Trinajstić information content (AvgIpc) is 2.84. The van der Waals surface area contributed by atoms with Gasteiger partial charge in [-0.1, -0.05) is 6.08 Å². The lowest BCUT2D eigenvalue weighted by atomic mass is 10.3. The number of rotatable bonds is 6. The van der Waals surface area contributed by atoms with E-state index >= 15 is 0 Å². The van der Waals surface area contributed by atoms with Crippen LogP contribution in [-0.2, 0) is 14.3 Å². The van der Waals surface area contributed by atoms with E-state index in [-0.39, 0.29) is 6.61 Å². The predicted octanol–water partition coefficient (Wildman–Crippen LogP) is 0.687. The van der Waals surface area contributed by atoms with Gasteiger partial charge in [0.25, 0.3) is 10.1 Å². The largest absolute Gasteiger partial charge is 0.365 e. The molecule has 0 saturated heterocycles. The summed E-state index contributed by atoms with van der Waals surface area (Å²) in [5, 5.41) is 3.09. The van der Waals surface area contributed by atoms with Crippen molar-refractivity contribution in [3.8, 4) is 0 Å². The highest BCUT2D eigenvalue weighted by Crippen LogP contribution is 2.13. The lowest BCUT2D eigenvalue weighted by molar-refractivity contribution is 0.352. The van der Waals surface area contributed by atoms with E-state index in [1.807, 2.05) is 6.08 Å². The van der Waals surface area contributed by atoms with Gasteiger partial charge in [-0.3, -0.25) is 4.18 Å². The molecule has 2 aromatic rings. The Hall–Kier alpha value is -2.00. The summed E-state index contributed by atoms with van der Waals surface area (Å²) in [7, 11) is -3.41. The first-order valence-electron chi connectivity index (χ1n) is 5.84.